The minimum atomic E-state index is -2.32. The molecule has 0 aliphatic heterocycles. The third-order valence-corrected chi connectivity index (χ3v) is 10.4. The summed E-state index contributed by atoms with van der Waals surface area (Å²) in [7, 11) is 0. The van der Waals surface area contributed by atoms with Gasteiger partial charge in [-0.2, -0.15) is 0 Å². The van der Waals surface area contributed by atoms with Gasteiger partial charge in [0, 0.05) is 11.6 Å². The maximum absolute atomic E-state index is 14.3. The predicted octanol–water partition coefficient (Wildman–Crippen LogP) is -6.57. The number of allylic oxidation sites excluding steroid dienone is 3. The fourth-order valence-electron chi connectivity index (χ4n) is 7.35. The summed E-state index contributed by atoms with van der Waals surface area (Å²) in [5.41, 5.74) is 29.1. The number of nitro benzene ring substituents is 1. The highest BCUT2D eigenvalue weighted by Gasteiger charge is 2.35. The molecule has 2 aliphatic rings. The van der Waals surface area contributed by atoms with Gasteiger partial charge >= 0.3 is 5.69 Å². The molecule has 0 radical (unpaired) electrons. The van der Waals surface area contributed by atoms with Crippen LogP contribution in [0, 0.1) is 31.8 Å². The van der Waals surface area contributed by atoms with Gasteiger partial charge in [0.15, 0.2) is 60.2 Å². The van der Waals surface area contributed by atoms with Crippen LogP contribution in [0.4, 0.5) is 11.4 Å². The number of hydrogen-bond donors (Lipinski definition) is 21. The lowest BCUT2D eigenvalue weighted by Gasteiger charge is -2.28. The number of non-ortho nitro benzene ring substituents is 1. The predicted molar refractivity (Wildman–Crippen MR) is 254 cm³/mol. The van der Waals surface area contributed by atoms with Gasteiger partial charge in [0.05, 0.1) is 10.6 Å². The zero-order valence-electron chi connectivity index (χ0n) is 37.3. The fraction of sp³-hybridized carbons (Fsp3) is 0.205. The van der Waals surface area contributed by atoms with Gasteiger partial charge in [-0.1, -0.05) is 36.4 Å². The second-order valence-electron chi connectivity index (χ2n) is 15.5. The SMILES string of the molecule is N=C(N)NC(NC(=O)C(NC(=N)N)NC(=O)C(NC(=N)N)NC(=O)C(NC(=N)N)NC(=O)C(NC(=O)c1ccc2c3c4c(ccc13)C=CCC4=CC2)NC(=O)C(O)Nc1ccc([N+](=O)[O-])c2nonc12)C(N)=O. The van der Waals surface area contributed by atoms with E-state index in [0.717, 1.165) is 39.8 Å². The van der Waals surface area contributed by atoms with Crippen LogP contribution in [0.5, 0.6) is 0 Å². The number of nitrogens with one attached hydrogen (secondary N) is 15. The molecule has 34 heteroatoms. The monoisotopic (exact) mass is 1010 g/mol. The summed E-state index contributed by atoms with van der Waals surface area (Å²) in [5, 5.41) is 84.5. The first kappa shape index (κ1) is 51.7. The topological polar surface area (TPSA) is 580 Å². The van der Waals surface area contributed by atoms with Crippen molar-refractivity contribution in [1.29, 1.82) is 21.6 Å². The van der Waals surface area contributed by atoms with Crippen LogP contribution < -0.4 is 87.2 Å². The maximum Gasteiger partial charge on any atom is 0.300 e. The molecule has 1 aromatic heterocycles. The molecule has 6 unspecified atom stereocenters. The molecule has 0 saturated carbocycles. The normalized spacial score (nSPS) is 14.4. The summed E-state index contributed by atoms with van der Waals surface area (Å²) >= 11 is 0. The molecule has 7 amide bonds. The van der Waals surface area contributed by atoms with E-state index in [9.17, 15) is 48.8 Å². The van der Waals surface area contributed by atoms with Gasteiger partial charge in [0.25, 0.3) is 41.4 Å². The number of aliphatic hydroxyl groups is 1. The Labute approximate surface area is 407 Å². The van der Waals surface area contributed by atoms with Crippen LogP contribution in [0.15, 0.2) is 53.2 Å². The molecule has 6 rings (SSSR count). The zero-order valence-corrected chi connectivity index (χ0v) is 37.3. The summed E-state index contributed by atoms with van der Waals surface area (Å²) in [6, 6.07) is 8.73. The first-order valence-corrected chi connectivity index (χ1v) is 20.9. The lowest BCUT2D eigenvalue weighted by molar-refractivity contribution is -0.383. The van der Waals surface area contributed by atoms with E-state index in [1.54, 1.807) is 18.2 Å². The van der Waals surface area contributed by atoms with E-state index in [2.05, 4.69) is 52.9 Å². The van der Waals surface area contributed by atoms with E-state index >= 15 is 0 Å². The van der Waals surface area contributed by atoms with E-state index in [1.165, 1.54) is 6.07 Å². The van der Waals surface area contributed by atoms with E-state index in [4.69, 9.17) is 50.3 Å². The lowest BCUT2D eigenvalue weighted by atomic mass is 9.80. The number of hydrogen-bond acceptors (Lipinski definition) is 18. The number of aromatic nitrogens is 2. The number of benzene rings is 3. The Bertz CT molecular complexity index is 3080. The van der Waals surface area contributed by atoms with E-state index in [0.29, 0.717) is 18.2 Å². The smallest absolute Gasteiger partial charge is 0.300 e. The summed E-state index contributed by atoms with van der Waals surface area (Å²) in [6.45, 7) is 0. The van der Waals surface area contributed by atoms with Crippen LogP contribution in [-0.2, 0) is 35.2 Å². The summed E-state index contributed by atoms with van der Waals surface area (Å²) < 4.78 is 4.61. The molecule has 382 valence electrons. The Morgan fingerprint density at radius 1 is 0.630 bits per heavy atom. The highest BCUT2D eigenvalue weighted by molar-refractivity contribution is 6.13. The second-order valence-corrected chi connectivity index (χ2v) is 15.5. The zero-order chi connectivity index (χ0) is 53.4. The van der Waals surface area contributed by atoms with Gasteiger partial charge in [-0.15, -0.1) is 0 Å². The molecular formula is C39H45N23O11. The van der Waals surface area contributed by atoms with Crippen molar-refractivity contribution in [2.24, 2.45) is 28.7 Å². The van der Waals surface area contributed by atoms with Crippen molar-refractivity contribution in [2.75, 3.05) is 5.32 Å². The van der Waals surface area contributed by atoms with E-state index in [1.807, 2.05) is 38.7 Å². The lowest BCUT2D eigenvalue weighted by Crippen LogP contribution is -2.69. The van der Waals surface area contributed by atoms with Crippen molar-refractivity contribution < 1.29 is 48.2 Å². The van der Waals surface area contributed by atoms with E-state index < -0.39 is 113 Å². The van der Waals surface area contributed by atoms with Crippen LogP contribution in [0.25, 0.3) is 33.5 Å². The Hall–Kier alpha value is -10.7. The molecule has 0 bridgehead atoms. The minimum absolute atomic E-state index is 0.0155. The Balaban J connectivity index is 1.28. The number of carbonyl (C=O) groups is 7. The fourth-order valence-corrected chi connectivity index (χ4v) is 7.35. The van der Waals surface area contributed by atoms with Crippen LogP contribution in [0.2, 0.25) is 0 Å². The van der Waals surface area contributed by atoms with Crippen LogP contribution in [0.3, 0.4) is 0 Å². The number of nitro groups is 1. The molecule has 34 nitrogen and oxygen atoms in total. The van der Waals surface area contributed by atoms with Crippen molar-refractivity contribution in [3.8, 4) is 0 Å². The first-order valence-electron chi connectivity index (χ1n) is 20.9. The third kappa shape index (κ3) is 12.1. The number of rotatable bonds is 20. The third-order valence-electron chi connectivity index (χ3n) is 10.4. The number of nitrogens with zero attached hydrogens (tertiary/aromatic N) is 3. The second kappa shape index (κ2) is 21.7. The Morgan fingerprint density at radius 3 is 1.67 bits per heavy atom. The number of primary amides is 1. The average Bonchev–Trinajstić information content (AvgIpc) is 3.82. The summed E-state index contributed by atoms with van der Waals surface area (Å²) in [6.07, 6.45) is -5.69. The van der Waals surface area contributed by atoms with Crippen LogP contribution >= 0.6 is 0 Å². The number of guanidine groups is 4. The van der Waals surface area contributed by atoms with Crippen molar-refractivity contribution in [1.82, 2.24) is 63.5 Å². The number of anilines is 1. The molecule has 0 spiro atoms. The molecule has 3 aromatic carbocycles. The quantitative estimate of drug-likeness (QED) is 0.0129. The Kier molecular flexibility index (Phi) is 15.4. The first-order chi connectivity index (χ1) is 34.5. The number of aliphatic hydroxyl groups excluding tert-OH is 1. The summed E-state index contributed by atoms with van der Waals surface area (Å²) in [4.78, 5) is 105. The molecular weight excluding hydrogens is 967 g/mol. The average molecular weight is 1010 g/mol. The van der Waals surface area contributed by atoms with Crippen molar-refractivity contribution in [3.05, 3.63) is 80.9 Å². The highest BCUT2D eigenvalue weighted by Crippen LogP contribution is 2.41. The molecule has 26 N–H and O–H groups in total. The maximum atomic E-state index is 14.3. The van der Waals surface area contributed by atoms with Gasteiger partial charge < -0.3 is 92.3 Å². The van der Waals surface area contributed by atoms with Gasteiger partial charge in [-0.3, -0.25) is 65.3 Å². The number of nitrogens with two attached hydrogens (primary N) is 5. The standard InChI is InChI=1S/C39H45N23O11/c40-23(63)24(56-36(41)42)50-31(66)26(57-37(43)44)53-33(68)28(59-39(47)48)54-32(67)27(58-38(45)46)52-30(65)25(55-35(70)34(69)49-17-10-11-18(62(71)72)22-21(17)60-73-61-22)51-29(64)16-9-7-14-5-4-12-2-1-3-13-6-8-15(16)20(14)19(12)13/h1,3-4,6-11,24-28,34,49,69H,2,5H2,(H2,40,63)(H,50,66)(H,51,64)(H,52,65)(H,53,68)(H,54,67)(H,55,70)(H4,41,42,56)(H4,43,44,57)(H4,45,46,58)(H4,47,48,59). The molecule has 6 atom stereocenters. The number of carbonyl (C=O) groups excluding carboxylic acids is 7. The number of fused-ring (bicyclic) bond motifs is 1. The largest absolute Gasteiger partial charge is 0.370 e. The number of amides is 7. The van der Waals surface area contributed by atoms with Gasteiger partial charge in [0.1, 0.15) is 0 Å². The molecule has 73 heavy (non-hydrogen) atoms. The molecule has 0 saturated heterocycles. The highest BCUT2D eigenvalue weighted by atomic mass is 16.6. The Morgan fingerprint density at radius 2 is 1.14 bits per heavy atom. The van der Waals surface area contributed by atoms with Crippen LogP contribution in [0.1, 0.15) is 33.5 Å². The molecule has 4 aromatic rings. The van der Waals surface area contributed by atoms with Crippen molar-refractivity contribution in [2.45, 2.75) is 49.9 Å². The molecule has 2 aliphatic carbocycles. The summed E-state index contributed by atoms with van der Waals surface area (Å²) in [5.74, 6) is -13.1. The van der Waals surface area contributed by atoms with Crippen LogP contribution in [-0.4, -0.2) is 123 Å². The van der Waals surface area contributed by atoms with Gasteiger partial charge in [0.2, 0.25) is 11.7 Å². The minimum Gasteiger partial charge on any atom is -0.370 e. The van der Waals surface area contributed by atoms with Gasteiger partial charge in [-0.25, -0.2) is 4.63 Å². The van der Waals surface area contributed by atoms with Crippen molar-refractivity contribution in [3.63, 3.8) is 0 Å². The van der Waals surface area contributed by atoms with E-state index in [-0.39, 0.29) is 22.3 Å². The van der Waals surface area contributed by atoms with Gasteiger partial charge in [-0.05, 0) is 68.3 Å². The molecule has 0 fully saturated rings. The molecule has 1 heterocycles. The van der Waals surface area contributed by atoms with Crippen molar-refractivity contribution >= 4 is 110 Å².